The molecule has 3 aromatic rings. The Morgan fingerprint density at radius 3 is 2.54 bits per heavy atom. The van der Waals surface area contributed by atoms with Crippen LogP contribution in [0.25, 0.3) is 11.4 Å². The highest BCUT2D eigenvalue weighted by Crippen LogP contribution is 2.19. The summed E-state index contributed by atoms with van der Waals surface area (Å²) in [5, 5.41) is 19.5. The number of aromatic amines is 1. The van der Waals surface area contributed by atoms with Gasteiger partial charge in [0.25, 0.3) is 0 Å². The van der Waals surface area contributed by atoms with Crippen molar-refractivity contribution in [3.05, 3.63) is 60.2 Å². The van der Waals surface area contributed by atoms with Crippen molar-refractivity contribution in [2.24, 2.45) is 5.92 Å². The number of tetrazole rings is 1. The van der Waals surface area contributed by atoms with E-state index in [1.807, 2.05) is 50.2 Å². The van der Waals surface area contributed by atoms with Gasteiger partial charge < -0.3 is 10.6 Å². The van der Waals surface area contributed by atoms with Gasteiger partial charge in [0.15, 0.2) is 0 Å². The van der Waals surface area contributed by atoms with E-state index in [1.54, 1.807) is 18.2 Å². The number of anilines is 1. The molecule has 0 aliphatic carbocycles. The van der Waals surface area contributed by atoms with Gasteiger partial charge in [-0.25, -0.2) is 0 Å². The van der Waals surface area contributed by atoms with Crippen LogP contribution in [0.1, 0.15) is 19.4 Å². The third-order valence-corrected chi connectivity index (χ3v) is 4.21. The second-order valence-corrected chi connectivity index (χ2v) is 6.76. The summed E-state index contributed by atoms with van der Waals surface area (Å²) in [5.74, 6) is -0.102. The standard InChI is InChI=1S/C20H22N6O2/c1-13(2)18(22-17(27)11-14-7-4-3-5-8-14)20(28)21-16-10-6-9-15(12-16)19-23-25-26-24-19/h3-10,12-13,18H,11H2,1-2H3,(H,21,28)(H,22,27)(H,23,24,25,26). The number of carbonyl (C=O) groups excluding carboxylic acids is 2. The molecule has 1 heterocycles. The first-order chi connectivity index (χ1) is 13.5. The molecule has 3 N–H and O–H groups in total. The number of hydrogen-bond donors (Lipinski definition) is 3. The highest BCUT2D eigenvalue weighted by molar-refractivity contribution is 5.98. The van der Waals surface area contributed by atoms with Gasteiger partial charge in [-0.1, -0.05) is 56.3 Å². The normalized spacial score (nSPS) is 11.8. The van der Waals surface area contributed by atoms with E-state index in [0.717, 1.165) is 11.1 Å². The van der Waals surface area contributed by atoms with Crippen molar-refractivity contribution >= 4 is 17.5 Å². The number of nitrogens with one attached hydrogen (secondary N) is 3. The molecule has 2 aromatic carbocycles. The Morgan fingerprint density at radius 1 is 1.07 bits per heavy atom. The van der Waals surface area contributed by atoms with Gasteiger partial charge in [-0.3, -0.25) is 9.59 Å². The Balaban J connectivity index is 1.66. The van der Waals surface area contributed by atoms with Crippen molar-refractivity contribution in [3.8, 4) is 11.4 Å². The summed E-state index contributed by atoms with van der Waals surface area (Å²) < 4.78 is 0. The van der Waals surface area contributed by atoms with Crippen LogP contribution in [0.5, 0.6) is 0 Å². The quantitative estimate of drug-likeness (QED) is 0.583. The van der Waals surface area contributed by atoms with E-state index in [9.17, 15) is 9.59 Å². The molecule has 0 saturated carbocycles. The van der Waals surface area contributed by atoms with Crippen molar-refractivity contribution in [1.82, 2.24) is 25.9 Å². The fourth-order valence-electron chi connectivity index (χ4n) is 2.78. The zero-order valence-electron chi connectivity index (χ0n) is 15.7. The largest absolute Gasteiger partial charge is 0.344 e. The summed E-state index contributed by atoms with van der Waals surface area (Å²) in [7, 11) is 0. The van der Waals surface area contributed by atoms with Crippen LogP contribution in [0.15, 0.2) is 54.6 Å². The average Bonchev–Trinajstić information content (AvgIpc) is 3.22. The lowest BCUT2D eigenvalue weighted by atomic mass is 10.0. The molecule has 1 atom stereocenters. The summed E-state index contributed by atoms with van der Waals surface area (Å²) in [5.41, 5.74) is 2.21. The fourth-order valence-corrected chi connectivity index (χ4v) is 2.78. The maximum Gasteiger partial charge on any atom is 0.247 e. The molecule has 8 heteroatoms. The van der Waals surface area contributed by atoms with Crippen LogP contribution in [0.4, 0.5) is 5.69 Å². The smallest absolute Gasteiger partial charge is 0.247 e. The van der Waals surface area contributed by atoms with E-state index in [-0.39, 0.29) is 24.2 Å². The Hall–Kier alpha value is -3.55. The van der Waals surface area contributed by atoms with Crippen LogP contribution in [-0.2, 0) is 16.0 Å². The molecule has 0 saturated heterocycles. The first-order valence-corrected chi connectivity index (χ1v) is 9.01. The van der Waals surface area contributed by atoms with Crippen LogP contribution in [0.3, 0.4) is 0 Å². The molecule has 144 valence electrons. The van der Waals surface area contributed by atoms with Crippen molar-refractivity contribution in [3.63, 3.8) is 0 Å². The molecule has 1 unspecified atom stereocenters. The van der Waals surface area contributed by atoms with Crippen molar-refractivity contribution in [2.45, 2.75) is 26.3 Å². The lowest BCUT2D eigenvalue weighted by molar-refractivity contribution is -0.127. The number of benzene rings is 2. The number of amides is 2. The number of carbonyl (C=O) groups is 2. The molecule has 0 aliphatic rings. The number of aromatic nitrogens is 4. The van der Waals surface area contributed by atoms with Crippen LogP contribution in [0.2, 0.25) is 0 Å². The maximum absolute atomic E-state index is 12.8. The molecule has 3 rings (SSSR count). The molecule has 1 aromatic heterocycles. The van der Waals surface area contributed by atoms with Gasteiger partial charge in [-0.05, 0) is 28.8 Å². The number of H-pyrrole nitrogens is 1. The molecule has 0 aliphatic heterocycles. The molecular formula is C20H22N6O2. The summed E-state index contributed by atoms with van der Waals surface area (Å²) in [6.45, 7) is 3.78. The van der Waals surface area contributed by atoms with Crippen LogP contribution < -0.4 is 10.6 Å². The van der Waals surface area contributed by atoms with Crippen molar-refractivity contribution in [1.29, 1.82) is 0 Å². The maximum atomic E-state index is 12.8. The van der Waals surface area contributed by atoms with E-state index in [2.05, 4.69) is 31.3 Å². The van der Waals surface area contributed by atoms with Crippen molar-refractivity contribution < 1.29 is 9.59 Å². The molecule has 8 nitrogen and oxygen atoms in total. The van der Waals surface area contributed by atoms with Crippen LogP contribution >= 0.6 is 0 Å². The van der Waals surface area contributed by atoms with E-state index in [4.69, 9.17) is 0 Å². The molecule has 0 bridgehead atoms. The molecule has 2 amide bonds. The zero-order chi connectivity index (χ0) is 19.9. The molecular weight excluding hydrogens is 356 g/mol. The Labute approximate surface area is 162 Å². The van der Waals surface area contributed by atoms with Crippen LogP contribution in [0, 0.1) is 5.92 Å². The Morgan fingerprint density at radius 2 is 1.86 bits per heavy atom. The van der Waals surface area contributed by atoms with Gasteiger partial charge >= 0.3 is 0 Å². The highest BCUT2D eigenvalue weighted by Gasteiger charge is 2.24. The third-order valence-electron chi connectivity index (χ3n) is 4.21. The first-order valence-electron chi connectivity index (χ1n) is 9.01. The minimum absolute atomic E-state index is 0.0693. The summed E-state index contributed by atoms with van der Waals surface area (Å²) in [6.07, 6.45) is 0.227. The van der Waals surface area contributed by atoms with E-state index in [0.29, 0.717) is 11.5 Å². The van der Waals surface area contributed by atoms with Crippen molar-refractivity contribution in [2.75, 3.05) is 5.32 Å². The van der Waals surface area contributed by atoms with Gasteiger partial charge in [0.2, 0.25) is 17.6 Å². The van der Waals surface area contributed by atoms with E-state index < -0.39 is 6.04 Å². The predicted molar refractivity (Wildman–Crippen MR) is 105 cm³/mol. The lowest BCUT2D eigenvalue weighted by Crippen LogP contribution is -2.47. The SMILES string of the molecule is CC(C)C(NC(=O)Cc1ccccc1)C(=O)Nc1cccc(-c2nn[nH]n2)c1. The zero-order valence-corrected chi connectivity index (χ0v) is 15.7. The van der Waals surface area contributed by atoms with Gasteiger partial charge in [-0.2, -0.15) is 5.21 Å². The summed E-state index contributed by atoms with van der Waals surface area (Å²) in [6, 6.07) is 15.9. The molecule has 0 fully saturated rings. The molecule has 0 radical (unpaired) electrons. The van der Waals surface area contributed by atoms with E-state index in [1.165, 1.54) is 0 Å². The Kier molecular flexibility index (Phi) is 6.11. The fraction of sp³-hybridized carbons (Fsp3) is 0.250. The molecule has 0 spiro atoms. The second-order valence-electron chi connectivity index (χ2n) is 6.76. The minimum atomic E-state index is -0.648. The monoisotopic (exact) mass is 378 g/mol. The third kappa shape index (κ3) is 5.00. The van der Waals surface area contributed by atoms with Gasteiger partial charge in [0.05, 0.1) is 6.42 Å². The highest BCUT2D eigenvalue weighted by atomic mass is 16.2. The van der Waals surface area contributed by atoms with Crippen LogP contribution in [-0.4, -0.2) is 38.5 Å². The van der Waals surface area contributed by atoms with E-state index >= 15 is 0 Å². The number of rotatable bonds is 7. The molecule has 28 heavy (non-hydrogen) atoms. The summed E-state index contributed by atoms with van der Waals surface area (Å²) >= 11 is 0. The average molecular weight is 378 g/mol. The lowest BCUT2D eigenvalue weighted by Gasteiger charge is -2.22. The second kappa shape index (κ2) is 8.90. The minimum Gasteiger partial charge on any atom is -0.344 e. The van der Waals surface area contributed by atoms with Gasteiger partial charge in [-0.15, -0.1) is 10.2 Å². The number of nitrogens with zero attached hydrogens (tertiary/aromatic N) is 3. The summed E-state index contributed by atoms with van der Waals surface area (Å²) in [4.78, 5) is 25.1. The number of hydrogen-bond acceptors (Lipinski definition) is 5. The first kappa shape index (κ1) is 19.2. The predicted octanol–water partition coefficient (Wildman–Crippen LogP) is 2.19. The van der Waals surface area contributed by atoms with Gasteiger partial charge in [0.1, 0.15) is 6.04 Å². The van der Waals surface area contributed by atoms with Gasteiger partial charge in [0, 0.05) is 11.3 Å². The topological polar surface area (TPSA) is 113 Å². The Bertz CT molecular complexity index is 925.